The van der Waals surface area contributed by atoms with E-state index in [4.69, 9.17) is 5.73 Å². The van der Waals surface area contributed by atoms with E-state index in [9.17, 15) is 0 Å². The normalized spacial score (nSPS) is 21.9. The number of hydrogen-bond donors (Lipinski definition) is 2. The van der Waals surface area contributed by atoms with E-state index in [1.807, 2.05) is 0 Å². The number of nitrogens with one attached hydrogen (secondary N) is 1. The molecule has 2 aromatic rings. The molecular weight excluding hydrogens is 320 g/mol. The van der Waals surface area contributed by atoms with E-state index in [1.54, 1.807) is 0 Å². The summed E-state index contributed by atoms with van der Waals surface area (Å²) in [6.07, 6.45) is 4.87. The molecule has 1 aliphatic carbocycles. The zero-order valence-corrected chi connectivity index (χ0v) is 16.8. The van der Waals surface area contributed by atoms with Crippen molar-refractivity contribution in [1.29, 1.82) is 0 Å². The summed E-state index contributed by atoms with van der Waals surface area (Å²) in [4.78, 5) is 4.21. The summed E-state index contributed by atoms with van der Waals surface area (Å²) in [5.41, 5.74) is 6.55. The van der Waals surface area contributed by atoms with Gasteiger partial charge in [-0.3, -0.25) is 0 Å². The summed E-state index contributed by atoms with van der Waals surface area (Å²) in [5.74, 6) is 0. The first-order chi connectivity index (χ1) is 11.9. The molecule has 0 aliphatic heterocycles. The zero-order chi connectivity index (χ0) is 17.9. The average Bonchev–Trinajstić information content (AvgIpc) is 2.61. The van der Waals surface area contributed by atoms with Gasteiger partial charge in [0.2, 0.25) is 0 Å². The highest BCUT2D eigenvalue weighted by molar-refractivity contribution is 7.02. The second-order valence-electron chi connectivity index (χ2n) is 8.43. The van der Waals surface area contributed by atoms with Crippen molar-refractivity contribution in [3.05, 3.63) is 60.7 Å². The van der Waals surface area contributed by atoms with Crippen LogP contribution in [-0.2, 0) is 0 Å². The molecule has 3 rings (SSSR count). The molecule has 2 aromatic carbocycles. The van der Waals surface area contributed by atoms with Crippen molar-refractivity contribution >= 4 is 18.6 Å². The van der Waals surface area contributed by atoms with E-state index < -0.39 is 8.24 Å². The summed E-state index contributed by atoms with van der Waals surface area (Å²) in [7, 11) is -2.21. The molecule has 1 fully saturated rings. The summed E-state index contributed by atoms with van der Waals surface area (Å²) in [6, 6.07) is 22.8. The Labute approximate surface area is 153 Å². The maximum atomic E-state index is 6.55. The van der Waals surface area contributed by atoms with Gasteiger partial charge in [-0.2, -0.15) is 0 Å². The second kappa shape index (κ2) is 7.44. The quantitative estimate of drug-likeness (QED) is 0.828. The third-order valence-corrected chi connectivity index (χ3v) is 11.2. The lowest BCUT2D eigenvalue weighted by atomic mass is 9.92. The first-order valence-electron chi connectivity index (χ1n) is 9.59. The van der Waals surface area contributed by atoms with Crippen LogP contribution in [0.15, 0.2) is 60.7 Å². The molecule has 3 N–H and O–H groups in total. The Morgan fingerprint density at radius 1 is 0.840 bits per heavy atom. The van der Waals surface area contributed by atoms with Gasteiger partial charge in [0.15, 0.2) is 8.24 Å². The molecule has 134 valence electrons. The standard InChI is InChI=1S/C22H32N2Si/c1-22(2,3)25(18-12-6-4-7-13-18,19-14-8-5-9-15-19)24-21-17-11-10-16-20(21)23/h4-9,12-15,20-21,24H,10-11,16-17,23H2,1-3H3. The Kier molecular flexibility index (Phi) is 5.47. The topological polar surface area (TPSA) is 38.0 Å². The first kappa shape index (κ1) is 18.4. The van der Waals surface area contributed by atoms with E-state index >= 15 is 0 Å². The van der Waals surface area contributed by atoms with Crippen molar-refractivity contribution in [2.75, 3.05) is 0 Å². The van der Waals surface area contributed by atoms with Crippen LogP contribution in [-0.4, -0.2) is 20.3 Å². The SMILES string of the molecule is CC(C)(C)[Si](NC1CCCCC1N)(c1ccccc1)c1ccccc1. The van der Waals surface area contributed by atoms with Crippen LogP contribution < -0.4 is 21.1 Å². The van der Waals surface area contributed by atoms with Crippen molar-refractivity contribution in [3.63, 3.8) is 0 Å². The molecule has 0 amide bonds. The van der Waals surface area contributed by atoms with Crippen LogP contribution in [0.5, 0.6) is 0 Å². The molecule has 2 atom stereocenters. The Hall–Kier alpha value is -1.42. The Morgan fingerprint density at radius 3 is 1.76 bits per heavy atom. The van der Waals surface area contributed by atoms with Gasteiger partial charge in [-0.05, 0) is 28.3 Å². The van der Waals surface area contributed by atoms with Crippen LogP contribution >= 0.6 is 0 Å². The Balaban J connectivity index is 2.15. The molecule has 0 radical (unpaired) electrons. The molecule has 0 heterocycles. The van der Waals surface area contributed by atoms with Gasteiger partial charge in [0.1, 0.15) is 0 Å². The molecule has 2 unspecified atom stereocenters. The van der Waals surface area contributed by atoms with Gasteiger partial charge in [0.05, 0.1) is 0 Å². The summed E-state index contributed by atoms with van der Waals surface area (Å²) in [6.45, 7) is 7.17. The van der Waals surface area contributed by atoms with Crippen LogP contribution in [0.25, 0.3) is 0 Å². The van der Waals surface area contributed by atoms with Gasteiger partial charge in [-0.1, -0.05) is 94.3 Å². The molecule has 25 heavy (non-hydrogen) atoms. The molecule has 1 saturated carbocycles. The fourth-order valence-corrected chi connectivity index (χ4v) is 9.54. The highest BCUT2D eigenvalue weighted by Crippen LogP contribution is 2.35. The molecule has 0 spiro atoms. The van der Waals surface area contributed by atoms with Gasteiger partial charge in [-0.15, -0.1) is 0 Å². The number of benzene rings is 2. The van der Waals surface area contributed by atoms with E-state index in [1.165, 1.54) is 29.6 Å². The van der Waals surface area contributed by atoms with Gasteiger partial charge >= 0.3 is 0 Å². The smallest absolute Gasteiger partial charge is 0.195 e. The van der Waals surface area contributed by atoms with Crippen LogP contribution in [0.1, 0.15) is 46.5 Å². The number of nitrogens with two attached hydrogens (primary N) is 1. The minimum Gasteiger partial charge on any atom is -0.326 e. The predicted octanol–water partition coefficient (Wildman–Crippen LogP) is 3.41. The predicted molar refractivity (Wildman–Crippen MR) is 111 cm³/mol. The van der Waals surface area contributed by atoms with E-state index in [-0.39, 0.29) is 11.1 Å². The minimum atomic E-state index is -2.21. The fourth-order valence-electron chi connectivity index (χ4n) is 4.41. The maximum absolute atomic E-state index is 6.55. The third kappa shape index (κ3) is 3.59. The largest absolute Gasteiger partial charge is 0.326 e. The van der Waals surface area contributed by atoms with Gasteiger partial charge in [0, 0.05) is 12.1 Å². The maximum Gasteiger partial charge on any atom is 0.195 e. The average molecular weight is 353 g/mol. The highest BCUT2D eigenvalue weighted by Gasteiger charge is 2.49. The van der Waals surface area contributed by atoms with Crippen molar-refractivity contribution < 1.29 is 0 Å². The molecule has 0 saturated heterocycles. The third-order valence-electron chi connectivity index (χ3n) is 5.76. The van der Waals surface area contributed by atoms with Crippen LogP contribution in [0.3, 0.4) is 0 Å². The molecule has 2 nitrogen and oxygen atoms in total. The lowest BCUT2D eigenvalue weighted by Gasteiger charge is -2.48. The number of rotatable bonds is 4. The molecule has 1 aliphatic rings. The summed E-state index contributed by atoms with van der Waals surface area (Å²) < 4.78 is 0. The van der Waals surface area contributed by atoms with Crippen LogP contribution in [0.4, 0.5) is 0 Å². The number of hydrogen-bond acceptors (Lipinski definition) is 2. The van der Waals surface area contributed by atoms with Crippen molar-refractivity contribution in [2.45, 2.75) is 63.6 Å². The molecular formula is C22H32N2Si. The summed E-state index contributed by atoms with van der Waals surface area (Å²) >= 11 is 0. The Bertz CT molecular complexity index is 624. The van der Waals surface area contributed by atoms with E-state index in [0.29, 0.717) is 6.04 Å². The highest BCUT2D eigenvalue weighted by atomic mass is 28.3. The lowest BCUT2D eigenvalue weighted by molar-refractivity contribution is 0.359. The van der Waals surface area contributed by atoms with Crippen molar-refractivity contribution in [3.8, 4) is 0 Å². The van der Waals surface area contributed by atoms with Crippen LogP contribution in [0, 0.1) is 0 Å². The molecule has 0 bridgehead atoms. The van der Waals surface area contributed by atoms with E-state index in [0.717, 1.165) is 6.42 Å². The van der Waals surface area contributed by atoms with Crippen molar-refractivity contribution in [2.24, 2.45) is 5.73 Å². The van der Waals surface area contributed by atoms with E-state index in [2.05, 4.69) is 86.4 Å². The first-order valence-corrected chi connectivity index (χ1v) is 11.6. The monoisotopic (exact) mass is 352 g/mol. The second-order valence-corrected chi connectivity index (χ2v) is 12.9. The van der Waals surface area contributed by atoms with Gasteiger partial charge in [-0.25, -0.2) is 0 Å². The Morgan fingerprint density at radius 2 is 1.32 bits per heavy atom. The lowest BCUT2D eigenvalue weighted by Crippen LogP contribution is -2.77. The fraction of sp³-hybridized carbons (Fsp3) is 0.455. The zero-order valence-electron chi connectivity index (χ0n) is 15.8. The summed E-state index contributed by atoms with van der Waals surface area (Å²) in [5, 5.41) is 3.03. The minimum absolute atomic E-state index is 0.132. The van der Waals surface area contributed by atoms with Crippen molar-refractivity contribution in [1.82, 2.24) is 4.98 Å². The van der Waals surface area contributed by atoms with Gasteiger partial charge < -0.3 is 10.7 Å². The molecule has 3 heteroatoms. The molecule has 0 aromatic heterocycles. The van der Waals surface area contributed by atoms with Gasteiger partial charge in [0.25, 0.3) is 0 Å². The van der Waals surface area contributed by atoms with Crippen LogP contribution in [0.2, 0.25) is 5.04 Å².